The summed E-state index contributed by atoms with van der Waals surface area (Å²) in [5.41, 5.74) is 5.82. The molecule has 13 heavy (non-hydrogen) atoms. The van der Waals surface area contributed by atoms with E-state index in [2.05, 4.69) is 11.2 Å². The Hall–Kier alpha value is -0.850. The molecule has 72 valence electrons. The molecule has 0 aliphatic carbocycles. The van der Waals surface area contributed by atoms with Crippen molar-refractivity contribution in [1.29, 1.82) is 0 Å². The van der Waals surface area contributed by atoms with E-state index < -0.39 is 8.77 Å². The number of benzene rings is 1. The molecule has 0 aromatic heterocycles. The van der Waals surface area contributed by atoms with Gasteiger partial charge < -0.3 is 15.0 Å². The third kappa shape index (κ3) is 2.30. The van der Waals surface area contributed by atoms with Crippen LogP contribution in [0.25, 0.3) is 0 Å². The van der Waals surface area contributed by atoms with Gasteiger partial charge in [-0.2, -0.15) is 0 Å². The molecule has 0 spiro atoms. The third-order valence-electron chi connectivity index (χ3n) is 1.50. The Morgan fingerprint density at radius 2 is 2.23 bits per heavy atom. The normalized spacial score (nSPS) is 14.9. The number of hydrogen-bond acceptors (Lipinski definition) is 4. The highest BCUT2D eigenvalue weighted by atomic mass is 32.8. The second-order valence-corrected chi connectivity index (χ2v) is 5.16. The lowest BCUT2D eigenvalue weighted by atomic mass is 10.3. The largest absolute Gasteiger partial charge is 0.495 e. The van der Waals surface area contributed by atoms with Crippen LogP contribution < -0.4 is 10.5 Å². The van der Waals surface area contributed by atoms with E-state index >= 15 is 0 Å². The minimum atomic E-state index is -3.35. The molecule has 0 fully saturated rings. The van der Waals surface area contributed by atoms with Crippen molar-refractivity contribution in [2.24, 2.45) is 0 Å². The second kappa shape index (κ2) is 3.49. The molecule has 0 aliphatic rings. The number of nitrogen functional groups attached to an aromatic ring is 1. The molecule has 0 radical (unpaired) electrons. The van der Waals surface area contributed by atoms with Crippen LogP contribution in [0.2, 0.25) is 0 Å². The van der Waals surface area contributed by atoms with Crippen molar-refractivity contribution in [3.63, 3.8) is 0 Å². The molecule has 0 bridgehead atoms. The smallest absolute Gasteiger partial charge is 0.171 e. The van der Waals surface area contributed by atoms with Crippen molar-refractivity contribution in [3.05, 3.63) is 18.2 Å². The zero-order valence-electron chi connectivity index (χ0n) is 6.89. The maximum absolute atomic E-state index is 11.0. The summed E-state index contributed by atoms with van der Waals surface area (Å²) in [5.74, 6) is 0.461. The zero-order valence-corrected chi connectivity index (χ0v) is 8.52. The van der Waals surface area contributed by atoms with Gasteiger partial charge in [0.15, 0.2) is 8.77 Å². The van der Waals surface area contributed by atoms with Gasteiger partial charge in [0.05, 0.1) is 17.7 Å². The van der Waals surface area contributed by atoms with E-state index in [1.165, 1.54) is 25.3 Å². The first kappa shape index (κ1) is 10.2. The maximum atomic E-state index is 11.0. The molecule has 0 amide bonds. The molecule has 3 N–H and O–H groups in total. The van der Waals surface area contributed by atoms with Gasteiger partial charge in [0.25, 0.3) is 0 Å². The maximum Gasteiger partial charge on any atom is 0.171 e. The summed E-state index contributed by atoms with van der Waals surface area (Å²) in [7, 11) is -1.88. The lowest BCUT2D eigenvalue weighted by Gasteiger charge is -2.05. The molecule has 6 heteroatoms. The Labute approximate surface area is 81.2 Å². The number of methoxy groups -OCH3 is 1. The van der Waals surface area contributed by atoms with Gasteiger partial charge >= 0.3 is 0 Å². The van der Waals surface area contributed by atoms with Crippen molar-refractivity contribution >= 4 is 25.6 Å². The highest BCUT2D eigenvalue weighted by Crippen LogP contribution is 2.24. The van der Waals surface area contributed by atoms with Gasteiger partial charge in [-0.05, 0) is 18.2 Å². The van der Waals surface area contributed by atoms with Gasteiger partial charge in [-0.25, -0.2) is 4.21 Å². The molecule has 1 rings (SSSR count). The van der Waals surface area contributed by atoms with Crippen molar-refractivity contribution in [2.75, 3.05) is 12.8 Å². The van der Waals surface area contributed by atoms with Gasteiger partial charge in [0.1, 0.15) is 5.75 Å². The molecule has 0 aliphatic heterocycles. The second-order valence-electron chi connectivity index (χ2n) is 2.38. The number of nitrogens with two attached hydrogens (primary N) is 1. The molecular weight excluding hydrogens is 210 g/mol. The van der Waals surface area contributed by atoms with E-state index in [9.17, 15) is 4.21 Å². The van der Waals surface area contributed by atoms with Crippen LogP contribution >= 0.6 is 0 Å². The van der Waals surface area contributed by atoms with Crippen LogP contribution in [-0.4, -0.2) is 15.9 Å². The molecule has 1 atom stereocenters. The fourth-order valence-electron chi connectivity index (χ4n) is 0.873. The van der Waals surface area contributed by atoms with E-state index in [4.69, 9.17) is 15.0 Å². The van der Waals surface area contributed by atoms with Gasteiger partial charge in [-0.3, -0.25) is 0 Å². The Morgan fingerprint density at radius 3 is 2.62 bits per heavy atom. The van der Waals surface area contributed by atoms with Crippen LogP contribution in [0.3, 0.4) is 0 Å². The van der Waals surface area contributed by atoms with Crippen LogP contribution in [0.1, 0.15) is 0 Å². The summed E-state index contributed by atoms with van der Waals surface area (Å²) >= 11 is 4.38. The zero-order chi connectivity index (χ0) is 10.1. The van der Waals surface area contributed by atoms with Gasteiger partial charge in [-0.1, -0.05) is 0 Å². The molecule has 0 saturated heterocycles. The molecule has 1 aromatic rings. The first-order valence-corrected chi connectivity index (χ1v) is 5.80. The minimum Gasteiger partial charge on any atom is -0.495 e. The van der Waals surface area contributed by atoms with Crippen LogP contribution in [0.4, 0.5) is 5.69 Å². The van der Waals surface area contributed by atoms with Crippen LogP contribution in [0, 0.1) is 0 Å². The average molecular weight is 219 g/mol. The first-order valence-electron chi connectivity index (χ1n) is 3.36. The molecular formula is C7H9NO3S2. The lowest BCUT2D eigenvalue weighted by Crippen LogP contribution is -1.99. The molecule has 1 aromatic carbocycles. The van der Waals surface area contributed by atoms with Crippen molar-refractivity contribution in [1.82, 2.24) is 0 Å². The Morgan fingerprint density at radius 1 is 1.62 bits per heavy atom. The summed E-state index contributed by atoms with van der Waals surface area (Å²) in [6.45, 7) is 0. The summed E-state index contributed by atoms with van der Waals surface area (Å²) in [4.78, 5) is 0.126. The van der Waals surface area contributed by atoms with E-state index in [1.54, 1.807) is 0 Å². The molecule has 1 unspecified atom stereocenters. The Balaban J connectivity index is 3.26. The van der Waals surface area contributed by atoms with Gasteiger partial charge in [0, 0.05) is 11.2 Å². The van der Waals surface area contributed by atoms with Crippen molar-refractivity contribution < 1.29 is 13.5 Å². The monoisotopic (exact) mass is 219 g/mol. The highest BCUT2D eigenvalue weighted by Gasteiger charge is 2.07. The van der Waals surface area contributed by atoms with E-state index in [1.807, 2.05) is 0 Å². The fourth-order valence-corrected chi connectivity index (χ4v) is 1.70. The summed E-state index contributed by atoms with van der Waals surface area (Å²) in [5, 5.41) is 0. The fraction of sp³-hybridized carbons (Fsp3) is 0.143. The topological polar surface area (TPSA) is 72.5 Å². The van der Waals surface area contributed by atoms with Gasteiger partial charge in [0.2, 0.25) is 0 Å². The molecule has 4 nitrogen and oxygen atoms in total. The Kier molecular flexibility index (Phi) is 2.74. The predicted molar refractivity (Wildman–Crippen MR) is 53.8 cm³/mol. The van der Waals surface area contributed by atoms with E-state index in [0.717, 1.165) is 0 Å². The van der Waals surface area contributed by atoms with Crippen LogP contribution in [0.15, 0.2) is 23.1 Å². The van der Waals surface area contributed by atoms with Crippen LogP contribution in [0.5, 0.6) is 5.75 Å². The van der Waals surface area contributed by atoms with E-state index in [-0.39, 0.29) is 4.90 Å². The predicted octanol–water partition coefficient (Wildman–Crippen LogP) is 0.856. The van der Waals surface area contributed by atoms with Crippen molar-refractivity contribution in [3.8, 4) is 5.75 Å². The average Bonchev–Trinajstić information content (AvgIpc) is 2.02. The SMILES string of the molecule is COc1ccc(S(=O)(O)=S)cc1N. The quantitative estimate of drug-likeness (QED) is 0.722. The Bertz CT molecular complexity index is 414. The summed E-state index contributed by atoms with van der Waals surface area (Å²) in [6.07, 6.45) is 0. The standard InChI is InChI=1S/C7H9NO3S2/c1-11-7-3-2-5(4-6(7)8)13(9,10)12/h2-4H,8H2,1H3,(H,9,10,12). The van der Waals surface area contributed by atoms with Gasteiger partial charge in [-0.15, -0.1) is 0 Å². The first-order chi connectivity index (χ1) is 5.95. The van der Waals surface area contributed by atoms with Crippen LogP contribution in [-0.2, 0) is 20.0 Å². The molecule has 0 heterocycles. The van der Waals surface area contributed by atoms with Crippen molar-refractivity contribution in [2.45, 2.75) is 4.90 Å². The number of rotatable bonds is 2. The summed E-state index contributed by atoms with van der Waals surface area (Å²) < 4.78 is 24.9. The third-order valence-corrected chi connectivity index (χ3v) is 2.93. The number of hydrogen-bond donors (Lipinski definition) is 2. The lowest BCUT2D eigenvalue weighted by molar-refractivity contribution is 0.416. The minimum absolute atomic E-state index is 0.126. The molecule has 0 saturated carbocycles. The summed E-state index contributed by atoms with van der Waals surface area (Å²) in [6, 6.07) is 4.27. The number of anilines is 1. The number of ether oxygens (including phenoxy) is 1. The van der Waals surface area contributed by atoms with E-state index in [0.29, 0.717) is 11.4 Å². The highest BCUT2D eigenvalue weighted by molar-refractivity contribution is 8.29.